The summed E-state index contributed by atoms with van der Waals surface area (Å²) in [5, 5.41) is 134. The van der Waals surface area contributed by atoms with E-state index in [0.717, 1.165) is 100 Å². The maximum Gasteiger partial charge on any atom is 0.511 e. The van der Waals surface area contributed by atoms with Gasteiger partial charge in [-0.3, -0.25) is 0 Å². The molecule has 0 saturated heterocycles. The fourth-order valence-corrected chi connectivity index (χ4v) is 22.2. The number of phenols is 8. The smallest absolute Gasteiger partial charge is 0.508 e. The van der Waals surface area contributed by atoms with Crippen LogP contribution < -0.4 is 18.9 Å². The average molecular weight is 1830 g/mol. The molecule has 0 atom stereocenters. The first kappa shape index (κ1) is 97.2. The van der Waals surface area contributed by atoms with Gasteiger partial charge in [0.25, 0.3) is 0 Å². The van der Waals surface area contributed by atoms with E-state index in [2.05, 4.69) is 42.5 Å². The Morgan fingerprint density at radius 1 is 0.237 bits per heavy atom. The fourth-order valence-electron chi connectivity index (χ4n) is 22.2. The Balaban J connectivity index is 1.02. The number of carbonyl (C=O) groups is 4. The van der Waals surface area contributed by atoms with Crippen molar-refractivity contribution in [1.29, 1.82) is 0 Å². The molecule has 0 bridgehead atoms. The van der Waals surface area contributed by atoms with Gasteiger partial charge in [0, 0.05) is 56.8 Å². The molecular formula is C115H124O20. The predicted octanol–water partition coefficient (Wildman–Crippen LogP) is 24.3. The van der Waals surface area contributed by atoms with Crippen molar-refractivity contribution in [2.75, 3.05) is 19.8 Å². The summed E-state index contributed by atoms with van der Waals surface area (Å²) in [6.07, 6.45) is 3.00. The Kier molecular flexibility index (Phi) is 27.5. The molecule has 0 spiro atoms. The number of rotatable bonds is 27. The van der Waals surface area contributed by atoms with Crippen LogP contribution in [0.1, 0.15) is 275 Å². The van der Waals surface area contributed by atoms with Gasteiger partial charge in [-0.05, 0) is 428 Å². The number of benzene rings is 12. The number of aliphatic carboxylic acids is 3. The van der Waals surface area contributed by atoms with Crippen molar-refractivity contribution in [3.8, 4) is 69.0 Å². The van der Waals surface area contributed by atoms with E-state index in [0.29, 0.717) is 169 Å². The van der Waals surface area contributed by atoms with E-state index in [1.54, 1.807) is 48.5 Å². The quantitative estimate of drug-likeness (QED) is 0.0129. The summed E-state index contributed by atoms with van der Waals surface area (Å²) in [5.41, 5.74) is 22.9. The van der Waals surface area contributed by atoms with E-state index in [4.69, 9.17) is 18.9 Å². The summed E-state index contributed by atoms with van der Waals surface area (Å²) in [7, 11) is 0. The second-order valence-corrected chi connectivity index (χ2v) is 38.8. The molecule has 0 aliphatic heterocycles. The van der Waals surface area contributed by atoms with Crippen LogP contribution in [0.2, 0.25) is 0 Å². The largest absolute Gasteiger partial charge is 0.511 e. The average Bonchev–Trinajstić information content (AvgIpc) is 0.724. The third-order valence-electron chi connectivity index (χ3n) is 29.5. The predicted molar refractivity (Wildman–Crippen MR) is 523 cm³/mol. The first-order valence-corrected chi connectivity index (χ1v) is 46.1. The molecule has 0 radical (unpaired) electrons. The van der Waals surface area contributed by atoms with Gasteiger partial charge in [0.05, 0.1) is 0 Å². The lowest BCUT2D eigenvalue weighted by Crippen LogP contribution is -2.39. The molecule has 2 aliphatic carbocycles. The zero-order valence-corrected chi connectivity index (χ0v) is 80.7. The topological polar surface area (TPSA) is 348 Å². The molecule has 2 aliphatic rings. The third kappa shape index (κ3) is 19.0. The number of phenolic OH excluding ortho intramolecular Hbond substituents is 8. The van der Waals surface area contributed by atoms with Gasteiger partial charge in [-0.2, -0.15) is 0 Å². The SMILES string of the molecule is Cc1cc(C(c2cc(C)c(O)cc2C)c2cc(C3(c4cc(C)c(OCC(=O)O)c(C(c5cc(C)c(O)cc5C)c5cc(C)c(O)cc5C)c4)CCC(C4CCC(c5cc(C)c(OCC(=O)O)c(C(c6cc(C)c(O)cc6C)c6cc(C)c(O)cc6C)c5)(c5cc(C)c(OC(=O)O)c(C(c6cc(C)c(O)cc6C)c6cc(C)c(O)cc6C)c5)CC4)CC3)cc(C)c2OCC(=O)O)c(C)cc1O. The van der Waals surface area contributed by atoms with Gasteiger partial charge in [-0.1, -0.05) is 97.1 Å². The number of carboxylic acid groups (broad SMARTS) is 4. The molecule has 2 saturated carbocycles. The van der Waals surface area contributed by atoms with E-state index in [1.165, 1.54) is 0 Å². The van der Waals surface area contributed by atoms with Crippen LogP contribution in [0.5, 0.6) is 69.0 Å². The Labute approximate surface area is 789 Å². The Hall–Kier alpha value is -13.9. The van der Waals surface area contributed by atoms with Gasteiger partial charge >= 0.3 is 24.1 Å². The van der Waals surface area contributed by atoms with Crippen molar-refractivity contribution >= 4 is 24.1 Å². The summed E-state index contributed by atoms with van der Waals surface area (Å²) in [6.45, 7) is 35.4. The van der Waals surface area contributed by atoms with Crippen LogP contribution >= 0.6 is 0 Å². The van der Waals surface area contributed by atoms with Gasteiger partial charge in [0.2, 0.25) is 0 Å². The van der Waals surface area contributed by atoms with Gasteiger partial charge in [0.1, 0.15) is 69.0 Å². The van der Waals surface area contributed by atoms with Crippen LogP contribution in [-0.4, -0.2) is 105 Å². The van der Waals surface area contributed by atoms with E-state index in [9.17, 15) is 80.5 Å². The summed E-state index contributed by atoms with van der Waals surface area (Å²) in [4.78, 5) is 52.5. The molecule has 0 unspecified atom stereocenters. The maximum absolute atomic E-state index is 13.5. The fraction of sp³-hybridized carbons (Fsp3) is 0.339. The number of hydrogen-bond acceptors (Lipinski definition) is 16. The number of aryl methyl sites for hydroxylation is 20. The first-order chi connectivity index (χ1) is 63.7. The summed E-state index contributed by atoms with van der Waals surface area (Å²) >= 11 is 0. The second kappa shape index (κ2) is 38.2. The van der Waals surface area contributed by atoms with Crippen LogP contribution in [0, 0.1) is 150 Å². The minimum absolute atomic E-state index is 0.0332. The molecule has 12 N–H and O–H groups in total. The first-order valence-electron chi connectivity index (χ1n) is 46.1. The van der Waals surface area contributed by atoms with Crippen LogP contribution in [0.3, 0.4) is 0 Å². The van der Waals surface area contributed by atoms with E-state index < -0.39 is 78.4 Å². The molecule has 0 amide bonds. The van der Waals surface area contributed by atoms with Gasteiger partial charge in [-0.15, -0.1) is 0 Å². The molecule has 0 aromatic heterocycles. The highest BCUT2D eigenvalue weighted by atomic mass is 16.7. The number of ether oxygens (including phenoxy) is 4. The number of carboxylic acids is 3. The van der Waals surface area contributed by atoms with Crippen LogP contribution in [0.25, 0.3) is 0 Å². The lowest BCUT2D eigenvalue weighted by atomic mass is 9.56. The van der Waals surface area contributed by atoms with E-state index in [-0.39, 0.29) is 63.6 Å². The third-order valence-corrected chi connectivity index (χ3v) is 29.5. The van der Waals surface area contributed by atoms with Gasteiger partial charge < -0.3 is 80.2 Å². The lowest BCUT2D eigenvalue weighted by Gasteiger charge is -2.48. The molecule has 12 aromatic carbocycles. The van der Waals surface area contributed by atoms with Crippen molar-refractivity contribution in [3.05, 3.63) is 346 Å². The van der Waals surface area contributed by atoms with Crippen molar-refractivity contribution in [2.24, 2.45) is 11.8 Å². The number of aromatic hydroxyl groups is 8. The van der Waals surface area contributed by atoms with Crippen LogP contribution in [0.4, 0.5) is 4.79 Å². The molecule has 0 heterocycles. The van der Waals surface area contributed by atoms with Crippen molar-refractivity contribution in [3.63, 3.8) is 0 Å². The van der Waals surface area contributed by atoms with Crippen molar-refractivity contribution in [2.45, 2.75) is 224 Å². The summed E-state index contributed by atoms with van der Waals surface area (Å²) in [5.74, 6) is -4.78. The van der Waals surface area contributed by atoms with Crippen LogP contribution in [0.15, 0.2) is 146 Å². The molecule has 20 heteroatoms. The molecule has 704 valence electrons. The Morgan fingerprint density at radius 2 is 0.407 bits per heavy atom. The molecule has 2 fully saturated rings. The van der Waals surface area contributed by atoms with Crippen molar-refractivity contribution in [1.82, 2.24) is 0 Å². The monoisotopic (exact) mass is 1820 g/mol. The van der Waals surface area contributed by atoms with E-state index in [1.807, 2.05) is 193 Å². The molecule has 12 aromatic rings. The molecule has 14 rings (SSSR count). The highest BCUT2D eigenvalue weighted by Crippen LogP contribution is 2.60. The minimum Gasteiger partial charge on any atom is -0.508 e. The maximum atomic E-state index is 13.5. The van der Waals surface area contributed by atoms with Gasteiger partial charge in [-0.25, -0.2) is 19.2 Å². The highest BCUT2D eigenvalue weighted by molar-refractivity contribution is 5.74. The Morgan fingerprint density at radius 3 is 0.578 bits per heavy atom. The summed E-state index contributed by atoms with van der Waals surface area (Å²) in [6, 6.07) is 46.1. The Bertz CT molecular complexity index is 6340. The highest BCUT2D eigenvalue weighted by Gasteiger charge is 2.48. The molecule has 135 heavy (non-hydrogen) atoms. The zero-order chi connectivity index (χ0) is 98.1. The normalized spacial score (nSPS) is 15.1. The lowest BCUT2D eigenvalue weighted by molar-refractivity contribution is -0.140. The standard InChI is InChI=1S/C115H124O20/c1-56-41-94(116)64(9)33-82(56)105(83-34-65(10)95(117)42-57(83)2)90-49-78(29-72(17)109(90)132-53-102(124)125)114(79-30-73(18)110(133-54-103(126)127)91(50-79)106(84-35-66(11)96(118)43-58(84)3)85-36-67(12)97(119)44-59(85)4)25-21-76(22-26-114)77-23-27-115(28-24-77,81-32-75(20)112(135-113(130)131)93(52-81)108(88-39-70(15)100(122)47-62(88)7)89-40-71(16)101(123)48-63(89)8)80-31-74(19)111(134-55-104(128)129)92(51-80)107(86-37-68(13)98(120)45-60(86)5)87-38-69(14)99(121)46-61(87)6/h29-52,76-77,105-108,116-123H,21-28,53-55H2,1-20H3,(H,124,125)(H,126,127)(H,128,129)(H,130,131). The second-order valence-electron chi connectivity index (χ2n) is 38.8. The minimum atomic E-state index is -1.54. The summed E-state index contributed by atoms with van der Waals surface area (Å²) < 4.78 is 26.0. The van der Waals surface area contributed by atoms with E-state index >= 15 is 0 Å². The number of hydrogen-bond donors (Lipinski definition) is 12. The molecule has 20 nitrogen and oxygen atoms in total. The van der Waals surface area contributed by atoms with Gasteiger partial charge in [0.15, 0.2) is 19.8 Å². The van der Waals surface area contributed by atoms with Crippen LogP contribution in [-0.2, 0) is 25.2 Å². The molecular weight excluding hydrogens is 1700 g/mol. The zero-order valence-electron chi connectivity index (χ0n) is 80.7. The van der Waals surface area contributed by atoms with Crippen molar-refractivity contribution < 1.29 is 99.4 Å².